The normalized spacial score (nSPS) is 26.9. The molecule has 3 saturated heterocycles. The van der Waals surface area contributed by atoms with Crippen LogP contribution >= 0.6 is 0 Å². The highest BCUT2D eigenvalue weighted by molar-refractivity contribution is 6.02. The van der Waals surface area contributed by atoms with Crippen LogP contribution in [0.2, 0.25) is 0 Å². The van der Waals surface area contributed by atoms with Crippen molar-refractivity contribution in [2.45, 2.75) is 56.7 Å². The Bertz CT molecular complexity index is 908. The number of amides is 3. The van der Waals surface area contributed by atoms with E-state index in [1.807, 2.05) is 35.2 Å². The summed E-state index contributed by atoms with van der Waals surface area (Å²) >= 11 is 0. The Kier molecular flexibility index (Phi) is 4.03. The van der Waals surface area contributed by atoms with Crippen molar-refractivity contribution in [2.75, 3.05) is 0 Å². The standard InChI is InChI=1S/C21H22N4O3/c26-19-8-9-20(27)25(19)16-10-14-6-7-15(11-16)24(14)21(28)18-12-17(22-23-18)13-4-2-1-3-5-13/h1-5,12,14-16H,6-11H2,(H,22,23). The SMILES string of the molecule is O=C1CCC(=O)N1C1CC2CCC(C1)N2C(=O)c1cc(-c2ccccc2)n[nH]1. The molecule has 0 saturated carbocycles. The summed E-state index contributed by atoms with van der Waals surface area (Å²) in [5.74, 6) is -0.162. The van der Waals surface area contributed by atoms with Crippen LogP contribution < -0.4 is 0 Å². The van der Waals surface area contributed by atoms with Crippen molar-refractivity contribution < 1.29 is 14.4 Å². The minimum atomic E-state index is -0.0642. The highest BCUT2D eigenvalue weighted by Crippen LogP contribution is 2.39. The third-order valence-electron chi connectivity index (χ3n) is 6.28. The zero-order valence-corrected chi connectivity index (χ0v) is 15.5. The maximum Gasteiger partial charge on any atom is 0.272 e. The number of likely N-dealkylation sites (tertiary alicyclic amines) is 1. The van der Waals surface area contributed by atoms with Crippen molar-refractivity contribution in [1.29, 1.82) is 0 Å². The van der Waals surface area contributed by atoms with E-state index >= 15 is 0 Å². The number of piperidine rings is 1. The van der Waals surface area contributed by atoms with Gasteiger partial charge in [0, 0.05) is 36.5 Å². The second-order valence-corrected chi connectivity index (χ2v) is 7.91. The number of rotatable bonds is 3. The van der Waals surface area contributed by atoms with Gasteiger partial charge < -0.3 is 4.90 Å². The molecule has 2 unspecified atom stereocenters. The molecule has 28 heavy (non-hydrogen) atoms. The molecule has 2 atom stereocenters. The van der Waals surface area contributed by atoms with E-state index in [2.05, 4.69) is 10.2 Å². The molecule has 5 rings (SSSR count). The molecule has 1 N–H and O–H groups in total. The average Bonchev–Trinajstić information content (AvgIpc) is 3.39. The molecule has 4 heterocycles. The summed E-state index contributed by atoms with van der Waals surface area (Å²) in [5, 5.41) is 7.19. The van der Waals surface area contributed by atoms with Gasteiger partial charge >= 0.3 is 0 Å². The molecular weight excluding hydrogens is 356 g/mol. The molecule has 7 heteroatoms. The molecule has 0 aliphatic carbocycles. The van der Waals surface area contributed by atoms with Crippen molar-refractivity contribution in [3.05, 3.63) is 42.1 Å². The van der Waals surface area contributed by atoms with E-state index in [1.54, 1.807) is 6.07 Å². The first-order chi connectivity index (χ1) is 13.6. The lowest BCUT2D eigenvalue weighted by Crippen LogP contribution is -2.53. The van der Waals surface area contributed by atoms with Crippen LogP contribution in [0, 0.1) is 0 Å². The van der Waals surface area contributed by atoms with Gasteiger partial charge in [-0.15, -0.1) is 0 Å². The van der Waals surface area contributed by atoms with Gasteiger partial charge in [0.25, 0.3) is 5.91 Å². The van der Waals surface area contributed by atoms with E-state index < -0.39 is 0 Å². The molecule has 0 radical (unpaired) electrons. The van der Waals surface area contributed by atoms with Gasteiger partial charge in [0.1, 0.15) is 5.69 Å². The molecule has 2 bridgehead atoms. The fourth-order valence-electron chi connectivity index (χ4n) is 5.02. The number of aromatic nitrogens is 2. The van der Waals surface area contributed by atoms with Gasteiger partial charge in [-0.2, -0.15) is 5.10 Å². The molecule has 1 aromatic carbocycles. The maximum atomic E-state index is 13.2. The molecular formula is C21H22N4O3. The summed E-state index contributed by atoms with van der Waals surface area (Å²) in [6.07, 6.45) is 3.85. The summed E-state index contributed by atoms with van der Waals surface area (Å²) in [5.41, 5.74) is 2.20. The topological polar surface area (TPSA) is 86.4 Å². The Balaban J connectivity index is 1.34. The number of benzene rings is 1. The number of H-pyrrole nitrogens is 1. The third-order valence-corrected chi connectivity index (χ3v) is 6.28. The predicted octanol–water partition coefficient (Wildman–Crippen LogP) is 2.36. The largest absolute Gasteiger partial charge is 0.331 e. The lowest BCUT2D eigenvalue weighted by molar-refractivity contribution is -0.142. The van der Waals surface area contributed by atoms with Crippen molar-refractivity contribution in [1.82, 2.24) is 20.0 Å². The smallest absolute Gasteiger partial charge is 0.272 e. The number of imide groups is 1. The summed E-state index contributed by atoms with van der Waals surface area (Å²) in [7, 11) is 0. The molecule has 144 valence electrons. The monoisotopic (exact) mass is 378 g/mol. The van der Waals surface area contributed by atoms with E-state index in [0.29, 0.717) is 31.4 Å². The number of nitrogens with one attached hydrogen (secondary N) is 1. The Labute approximate surface area is 162 Å². The van der Waals surface area contributed by atoms with Crippen LogP contribution in [0.1, 0.15) is 49.0 Å². The fourth-order valence-corrected chi connectivity index (χ4v) is 5.02. The molecule has 0 spiro atoms. The van der Waals surface area contributed by atoms with Crippen molar-refractivity contribution in [2.24, 2.45) is 0 Å². The molecule has 7 nitrogen and oxygen atoms in total. The van der Waals surface area contributed by atoms with Gasteiger partial charge in [-0.3, -0.25) is 24.4 Å². The second-order valence-electron chi connectivity index (χ2n) is 7.91. The van der Waals surface area contributed by atoms with Gasteiger partial charge in [0.2, 0.25) is 11.8 Å². The summed E-state index contributed by atoms with van der Waals surface area (Å²) in [4.78, 5) is 40.8. The minimum Gasteiger partial charge on any atom is -0.331 e. The van der Waals surface area contributed by atoms with Gasteiger partial charge in [-0.05, 0) is 31.7 Å². The Morgan fingerprint density at radius 1 is 0.964 bits per heavy atom. The predicted molar refractivity (Wildman–Crippen MR) is 101 cm³/mol. The highest BCUT2D eigenvalue weighted by atomic mass is 16.2. The maximum absolute atomic E-state index is 13.2. The van der Waals surface area contributed by atoms with E-state index in [1.165, 1.54) is 4.90 Å². The van der Waals surface area contributed by atoms with Crippen LogP contribution in [0.15, 0.2) is 36.4 Å². The second kappa shape index (κ2) is 6.58. The van der Waals surface area contributed by atoms with Gasteiger partial charge in [-0.1, -0.05) is 30.3 Å². The lowest BCUT2D eigenvalue weighted by Gasteiger charge is -2.41. The van der Waals surface area contributed by atoms with Crippen LogP contribution in [0.25, 0.3) is 11.3 Å². The summed E-state index contributed by atoms with van der Waals surface area (Å²) in [6.45, 7) is 0. The van der Waals surface area contributed by atoms with E-state index in [0.717, 1.165) is 24.1 Å². The van der Waals surface area contributed by atoms with E-state index in [-0.39, 0.29) is 35.8 Å². The molecule has 3 fully saturated rings. The van der Waals surface area contributed by atoms with E-state index in [9.17, 15) is 14.4 Å². The van der Waals surface area contributed by atoms with Crippen molar-refractivity contribution in [3.8, 4) is 11.3 Å². The van der Waals surface area contributed by atoms with Crippen LogP contribution in [0.3, 0.4) is 0 Å². The number of carbonyl (C=O) groups excluding carboxylic acids is 3. The van der Waals surface area contributed by atoms with E-state index in [4.69, 9.17) is 0 Å². The first-order valence-electron chi connectivity index (χ1n) is 9.90. The number of hydrogen-bond donors (Lipinski definition) is 1. The first-order valence-corrected chi connectivity index (χ1v) is 9.90. The number of carbonyl (C=O) groups is 3. The van der Waals surface area contributed by atoms with Crippen LogP contribution in [-0.4, -0.2) is 55.8 Å². The van der Waals surface area contributed by atoms with Crippen LogP contribution in [-0.2, 0) is 9.59 Å². The number of aromatic amines is 1. The Hall–Kier alpha value is -2.96. The number of fused-ring (bicyclic) bond motifs is 2. The summed E-state index contributed by atoms with van der Waals surface area (Å²) < 4.78 is 0. The minimum absolute atomic E-state index is 0.0419. The highest BCUT2D eigenvalue weighted by Gasteiger charge is 2.48. The first kappa shape index (κ1) is 17.2. The molecule has 2 aromatic rings. The summed E-state index contributed by atoms with van der Waals surface area (Å²) in [6, 6.07) is 11.6. The molecule has 3 amide bonds. The molecule has 3 aliphatic rings. The zero-order valence-electron chi connectivity index (χ0n) is 15.5. The number of nitrogens with zero attached hydrogens (tertiary/aromatic N) is 3. The van der Waals surface area contributed by atoms with Gasteiger partial charge in [0.05, 0.1) is 5.69 Å². The zero-order chi connectivity index (χ0) is 19.3. The Morgan fingerprint density at radius 3 is 2.25 bits per heavy atom. The quantitative estimate of drug-likeness (QED) is 0.831. The van der Waals surface area contributed by atoms with Crippen molar-refractivity contribution in [3.63, 3.8) is 0 Å². The van der Waals surface area contributed by atoms with Gasteiger partial charge in [0.15, 0.2) is 0 Å². The average molecular weight is 378 g/mol. The van der Waals surface area contributed by atoms with Crippen molar-refractivity contribution >= 4 is 17.7 Å². The van der Waals surface area contributed by atoms with Crippen LogP contribution in [0.5, 0.6) is 0 Å². The fraction of sp³-hybridized carbons (Fsp3) is 0.429. The molecule has 3 aliphatic heterocycles. The third kappa shape index (κ3) is 2.73. The van der Waals surface area contributed by atoms with Gasteiger partial charge in [-0.25, -0.2) is 0 Å². The lowest BCUT2D eigenvalue weighted by atomic mass is 9.95. The van der Waals surface area contributed by atoms with Crippen LogP contribution in [0.4, 0.5) is 0 Å². The number of hydrogen-bond acceptors (Lipinski definition) is 4. The Morgan fingerprint density at radius 2 is 1.61 bits per heavy atom. The molecule has 1 aromatic heterocycles.